The molecule has 0 bridgehead atoms. The normalized spacial score (nSPS) is 12.9. The third-order valence-corrected chi connectivity index (χ3v) is 3.31. The fourth-order valence-electron chi connectivity index (χ4n) is 2.24. The number of hydrogen-bond donors (Lipinski definition) is 1. The van der Waals surface area contributed by atoms with Crippen LogP contribution in [-0.2, 0) is 11.8 Å². The predicted octanol–water partition coefficient (Wildman–Crippen LogP) is 2.08. The van der Waals surface area contributed by atoms with E-state index in [1.165, 1.54) is 0 Å². The van der Waals surface area contributed by atoms with Gasteiger partial charge in [0.05, 0.1) is 5.92 Å². The number of carbonyl (C=O) groups is 1. The molecular weight excluding hydrogens is 200 g/mol. The number of primary amides is 1. The summed E-state index contributed by atoms with van der Waals surface area (Å²) in [4.78, 5) is 11.3. The highest BCUT2D eigenvalue weighted by Gasteiger charge is 2.20. The highest BCUT2D eigenvalue weighted by Crippen LogP contribution is 2.30. The van der Waals surface area contributed by atoms with Crippen LogP contribution in [-0.4, -0.2) is 10.5 Å². The molecule has 84 valence electrons. The van der Waals surface area contributed by atoms with E-state index in [1.807, 2.05) is 39.1 Å². The van der Waals surface area contributed by atoms with Crippen molar-refractivity contribution in [3.63, 3.8) is 0 Å². The smallest absolute Gasteiger partial charge is 0.224 e. The lowest BCUT2D eigenvalue weighted by Crippen LogP contribution is -2.19. The Hall–Kier alpha value is -1.77. The Balaban J connectivity index is 2.78. The lowest BCUT2D eigenvalue weighted by molar-refractivity contribution is -0.119. The van der Waals surface area contributed by atoms with E-state index >= 15 is 0 Å². The number of fused-ring (bicyclic) bond motifs is 1. The zero-order valence-electron chi connectivity index (χ0n) is 9.82. The zero-order valence-corrected chi connectivity index (χ0v) is 9.82. The van der Waals surface area contributed by atoms with Gasteiger partial charge in [0.2, 0.25) is 5.91 Å². The molecule has 0 spiro atoms. The quantitative estimate of drug-likeness (QED) is 0.820. The molecule has 1 heterocycles. The molecule has 1 unspecified atom stereocenters. The molecule has 1 aromatic heterocycles. The van der Waals surface area contributed by atoms with Gasteiger partial charge in [-0.05, 0) is 25.5 Å². The lowest BCUT2D eigenvalue weighted by atomic mass is 9.97. The Labute approximate surface area is 94.9 Å². The van der Waals surface area contributed by atoms with Gasteiger partial charge >= 0.3 is 0 Å². The van der Waals surface area contributed by atoms with Crippen LogP contribution in [0, 0.1) is 6.92 Å². The molecule has 1 atom stereocenters. The van der Waals surface area contributed by atoms with Crippen LogP contribution in [0.15, 0.2) is 24.3 Å². The SMILES string of the molecule is Cc1c(C(C)C(N)=O)c2ccccc2n1C. The Morgan fingerprint density at radius 3 is 2.62 bits per heavy atom. The largest absolute Gasteiger partial charge is 0.369 e. The third-order valence-electron chi connectivity index (χ3n) is 3.31. The van der Waals surface area contributed by atoms with E-state index in [4.69, 9.17) is 5.73 Å². The second kappa shape index (κ2) is 3.67. The van der Waals surface area contributed by atoms with Gasteiger partial charge in [0.15, 0.2) is 0 Å². The van der Waals surface area contributed by atoms with Gasteiger partial charge in [-0.15, -0.1) is 0 Å². The van der Waals surface area contributed by atoms with Crippen LogP contribution >= 0.6 is 0 Å². The topological polar surface area (TPSA) is 48.0 Å². The number of hydrogen-bond acceptors (Lipinski definition) is 1. The van der Waals surface area contributed by atoms with E-state index < -0.39 is 0 Å². The summed E-state index contributed by atoms with van der Waals surface area (Å²) in [5, 5.41) is 1.12. The van der Waals surface area contributed by atoms with E-state index in [2.05, 4.69) is 10.6 Å². The molecule has 0 aliphatic carbocycles. The monoisotopic (exact) mass is 216 g/mol. The molecular formula is C13H16N2O. The van der Waals surface area contributed by atoms with Gasteiger partial charge in [-0.1, -0.05) is 18.2 Å². The van der Waals surface area contributed by atoms with Crippen LogP contribution < -0.4 is 5.73 Å². The molecule has 1 aromatic carbocycles. The summed E-state index contributed by atoms with van der Waals surface area (Å²) in [7, 11) is 2.01. The number of aryl methyl sites for hydroxylation is 1. The van der Waals surface area contributed by atoms with Gasteiger partial charge in [-0.25, -0.2) is 0 Å². The number of aromatic nitrogens is 1. The van der Waals surface area contributed by atoms with Crippen LogP contribution in [0.5, 0.6) is 0 Å². The number of amides is 1. The van der Waals surface area contributed by atoms with Gasteiger partial charge in [-0.3, -0.25) is 4.79 Å². The maximum absolute atomic E-state index is 11.3. The van der Waals surface area contributed by atoms with Crippen LogP contribution in [0.1, 0.15) is 24.1 Å². The second-order valence-electron chi connectivity index (χ2n) is 4.20. The number of nitrogens with zero attached hydrogens (tertiary/aromatic N) is 1. The van der Waals surface area contributed by atoms with E-state index in [9.17, 15) is 4.79 Å². The lowest BCUT2D eigenvalue weighted by Gasteiger charge is -2.08. The fraction of sp³-hybridized carbons (Fsp3) is 0.308. The van der Waals surface area contributed by atoms with Crippen molar-refractivity contribution in [2.75, 3.05) is 0 Å². The molecule has 2 rings (SSSR count). The molecule has 16 heavy (non-hydrogen) atoms. The van der Waals surface area contributed by atoms with E-state index in [-0.39, 0.29) is 11.8 Å². The van der Waals surface area contributed by atoms with E-state index in [0.717, 1.165) is 22.2 Å². The van der Waals surface area contributed by atoms with Gasteiger partial charge in [0, 0.05) is 23.6 Å². The van der Waals surface area contributed by atoms with E-state index in [1.54, 1.807) is 0 Å². The van der Waals surface area contributed by atoms with Crippen LogP contribution in [0.25, 0.3) is 10.9 Å². The molecule has 2 N–H and O–H groups in total. The van der Waals surface area contributed by atoms with Gasteiger partial charge in [-0.2, -0.15) is 0 Å². The maximum atomic E-state index is 11.3. The summed E-state index contributed by atoms with van der Waals surface area (Å²) < 4.78 is 2.10. The predicted molar refractivity (Wildman–Crippen MR) is 65.3 cm³/mol. The van der Waals surface area contributed by atoms with Crippen molar-refractivity contribution < 1.29 is 4.79 Å². The Morgan fingerprint density at radius 1 is 1.38 bits per heavy atom. The third kappa shape index (κ3) is 1.40. The van der Waals surface area contributed by atoms with Gasteiger partial charge in [0.1, 0.15) is 0 Å². The minimum Gasteiger partial charge on any atom is -0.369 e. The number of benzene rings is 1. The number of carbonyl (C=O) groups excluding carboxylic acids is 1. The Bertz CT molecular complexity index is 554. The molecule has 0 saturated heterocycles. The molecule has 0 radical (unpaired) electrons. The van der Waals surface area contributed by atoms with Crippen LogP contribution in [0.3, 0.4) is 0 Å². The first-order valence-corrected chi connectivity index (χ1v) is 5.37. The zero-order chi connectivity index (χ0) is 11.9. The van der Waals surface area contributed by atoms with Gasteiger partial charge in [0.25, 0.3) is 0 Å². The van der Waals surface area contributed by atoms with Crippen molar-refractivity contribution in [1.82, 2.24) is 4.57 Å². The summed E-state index contributed by atoms with van der Waals surface area (Å²) in [5.74, 6) is -0.523. The first-order valence-electron chi connectivity index (χ1n) is 5.37. The minimum atomic E-state index is -0.278. The summed E-state index contributed by atoms with van der Waals surface area (Å²) >= 11 is 0. The molecule has 2 aromatic rings. The molecule has 0 fully saturated rings. The molecule has 3 heteroatoms. The summed E-state index contributed by atoms with van der Waals surface area (Å²) in [6.45, 7) is 3.88. The highest BCUT2D eigenvalue weighted by molar-refractivity contribution is 5.92. The molecule has 0 saturated carbocycles. The molecule has 0 aliphatic rings. The molecule has 0 aliphatic heterocycles. The highest BCUT2D eigenvalue weighted by atomic mass is 16.1. The number of rotatable bonds is 2. The van der Waals surface area contributed by atoms with Crippen molar-refractivity contribution in [2.24, 2.45) is 12.8 Å². The van der Waals surface area contributed by atoms with Crippen molar-refractivity contribution in [2.45, 2.75) is 19.8 Å². The maximum Gasteiger partial charge on any atom is 0.224 e. The number of nitrogens with two attached hydrogens (primary N) is 1. The number of para-hydroxylation sites is 1. The molecule has 3 nitrogen and oxygen atoms in total. The Morgan fingerprint density at radius 2 is 2.00 bits per heavy atom. The minimum absolute atomic E-state index is 0.244. The standard InChI is InChI=1S/C13H16N2O/c1-8(13(14)16)12-9(2)15(3)11-7-5-4-6-10(11)12/h4-8H,1-3H3,(H2,14,16). The fourth-order valence-corrected chi connectivity index (χ4v) is 2.24. The van der Waals surface area contributed by atoms with Crippen LogP contribution in [0.4, 0.5) is 0 Å². The second-order valence-corrected chi connectivity index (χ2v) is 4.20. The Kier molecular flexibility index (Phi) is 2.46. The van der Waals surface area contributed by atoms with Gasteiger partial charge < -0.3 is 10.3 Å². The average Bonchev–Trinajstić information content (AvgIpc) is 2.52. The first-order chi connectivity index (χ1) is 7.54. The summed E-state index contributed by atoms with van der Waals surface area (Å²) in [6, 6.07) is 8.08. The van der Waals surface area contributed by atoms with Crippen molar-refractivity contribution >= 4 is 16.8 Å². The van der Waals surface area contributed by atoms with Crippen molar-refractivity contribution in [3.05, 3.63) is 35.5 Å². The van der Waals surface area contributed by atoms with Crippen molar-refractivity contribution in [3.8, 4) is 0 Å². The summed E-state index contributed by atoms with van der Waals surface area (Å²) in [6.07, 6.45) is 0. The molecule has 1 amide bonds. The first kappa shape index (κ1) is 10.7. The van der Waals surface area contributed by atoms with Crippen molar-refractivity contribution in [1.29, 1.82) is 0 Å². The van der Waals surface area contributed by atoms with Crippen LogP contribution in [0.2, 0.25) is 0 Å². The summed E-state index contributed by atoms with van der Waals surface area (Å²) in [5.41, 5.74) is 8.68. The average molecular weight is 216 g/mol. The van der Waals surface area contributed by atoms with E-state index in [0.29, 0.717) is 0 Å².